The van der Waals surface area contributed by atoms with Gasteiger partial charge in [-0.25, -0.2) is 0 Å². The maximum Gasteiger partial charge on any atom is 0.237 e. The molecule has 1 atom stereocenters. The van der Waals surface area contributed by atoms with Crippen LogP contribution in [0.2, 0.25) is 0 Å². The van der Waals surface area contributed by atoms with Crippen molar-refractivity contribution in [1.29, 1.82) is 0 Å². The minimum Gasteiger partial charge on any atom is -0.497 e. The van der Waals surface area contributed by atoms with Gasteiger partial charge in [0.05, 0.1) is 26.8 Å². The summed E-state index contributed by atoms with van der Waals surface area (Å²) in [5.41, 5.74) is 1.66. The van der Waals surface area contributed by atoms with Gasteiger partial charge in [0.15, 0.2) is 11.5 Å². The van der Waals surface area contributed by atoms with Gasteiger partial charge in [0, 0.05) is 23.7 Å². The molecule has 31 heavy (non-hydrogen) atoms. The predicted octanol–water partition coefficient (Wildman–Crippen LogP) is 3.62. The van der Waals surface area contributed by atoms with Crippen molar-refractivity contribution in [3.05, 3.63) is 47.5 Å². The molecule has 7 nitrogen and oxygen atoms in total. The number of hydrogen-bond donors (Lipinski definition) is 1. The number of amides is 1. The first kappa shape index (κ1) is 21.3. The first-order valence-electron chi connectivity index (χ1n) is 10.6. The molecule has 2 aromatic rings. The maximum absolute atomic E-state index is 13.2. The van der Waals surface area contributed by atoms with Crippen molar-refractivity contribution >= 4 is 5.91 Å². The second-order valence-electron chi connectivity index (χ2n) is 8.40. The first-order chi connectivity index (χ1) is 14.9. The number of fused-ring (bicyclic) bond motifs is 1. The van der Waals surface area contributed by atoms with Crippen LogP contribution in [-0.2, 0) is 10.3 Å². The van der Waals surface area contributed by atoms with E-state index < -0.39 is 5.54 Å². The maximum atomic E-state index is 13.2. The van der Waals surface area contributed by atoms with Gasteiger partial charge in [0.2, 0.25) is 12.7 Å². The van der Waals surface area contributed by atoms with Crippen LogP contribution in [0.5, 0.6) is 23.0 Å². The lowest BCUT2D eigenvalue weighted by atomic mass is 9.94. The number of nitrogens with zero attached hydrogens (tertiary/aromatic N) is 1. The Morgan fingerprint density at radius 3 is 2.71 bits per heavy atom. The molecule has 2 aliphatic rings. The number of carbonyl (C=O) groups is 1. The molecule has 1 unspecified atom stereocenters. The Bertz CT molecular complexity index is 959. The van der Waals surface area contributed by atoms with Crippen LogP contribution in [0, 0.1) is 0 Å². The van der Waals surface area contributed by atoms with E-state index in [1.165, 1.54) is 0 Å². The zero-order valence-corrected chi connectivity index (χ0v) is 18.6. The first-order valence-corrected chi connectivity index (χ1v) is 10.6. The Labute approximate surface area is 183 Å². The molecule has 1 fully saturated rings. The van der Waals surface area contributed by atoms with Crippen molar-refractivity contribution in [3.63, 3.8) is 0 Å². The molecular formula is C24H30N2O5. The van der Waals surface area contributed by atoms with Gasteiger partial charge >= 0.3 is 0 Å². The highest BCUT2D eigenvalue weighted by Gasteiger charge is 2.33. The molecule has 0 bridgehead atoms. The van der Waals surface area contributed by atoms with Crippen molar-refractivity contribution in [3.8, 4) is 23.0 Å². The van der Waals surface area contributed by atoms with E-state index in [0.717, 1.165) is 53.5 Å². The summed E-state index contributed by atoms with van der Waals surface area (Å²) >= 11 is 0. The Kier molecular flexibility index (Phi) is 5.96. The minimum atomic E-state index is -0.399. The van der Waals surface area contributed by atoms with Crippen LogP contribution in [0.1, 0.15) is 43.9 Å². The van der Waals surface area contributed by atoms with Crippen molar-refractivity contribution in [1.82, 2.24) is 10.2 Å². The second kappa shape index (κ2) is 8.67. The van der Waals surface area contributed by atoms with Gasteiger partial charge in [-0.3, -0.25) is 10.1 Å². The van der Waals surface area contributed by atoms with Crippen LogP contribution >= 0.6 is 0 Å². The molecule has 7 heteroatoms. The number of carbonyl (C=O) groups excluding carboxylic acids is 1. The van der Waals surface area contributed by atoms with Crippen molar-refractivity contribution in [2.45, 2.75) is 38.3 Å². The molecular weight excluding hydrogens is 396 g/mol. The normalized spacial score (nSPS) is 17.7. The summed E-state index contributed by atoms with van der Waals surface area (Å²) < 4.78 is 21.8. The summed E-state index contributed by atoms with van der Waals surface area (Å²) in [6.07, 6.45) is 1.89. The van der Waals surface area contributed by atoms with E-state index in [0.29, 0.717) is 0 Å². The third-order valence-corrected chi connectivity index (χ3v) is 6.15. The van der Waals surface area contributed by atoms with E-state index >= 15 is 0 Å². The number of benzene rings is 2. The molecule has 2 aromatic carbocycles. The molecule has 0 saturated carbocycles. The molecule has 166 valence electrons. The molecule has 2 aliphatic heterocycles. The number of methoxy groups -OCH3 is 2. The number of hydrogen-bond acceptors (Lipinski definition) is 6. The fraction of sp³-hybridized carbons (Fsp3) is 0.458. The van der Waals surface area contributed by atoms with Gasteiger partial charge in [-0.2, -0.15) is 0 Å². The zero-order chi connectivity index (χ0) is 22.0. The second-order valence-corrected chi connectivity index (χ2v) is 8.40. The van der Waals surface area contributed by atoms with Gasteiger partial charge in [-0.1, -0.05) is 6.07 Å². The third kappa shape index (κ3) is 4.28. The molecule has 0 spiro atoms. The van der Waals surface area contributed by atoms with E-state index in [9.17, 15) is 4.79 Å². The van der Waals surface area contributed by atoms with Crippen molar-refractivity contribution in [2.75, 3.05) is 34.1 Å². The third-order valence-electron chi connectivity index (χ3n) is 6.15. The highest BCUT2D eigenvalue weighted by molar-refractivity contribution is 5.79. The largest absolute Gasteiger partial charge is 0.497 e. The lowest BCUT2D eigenvalue weighted by Gasteiger charge is -2.30. The Morgan fingerprint density at radius 2 is 1.94 bits per heavy atom. The number of rotatable bonds is 7. The minimum absolute atomic E-state index is 0.00353. The van der Waals surface area contributed by atoms with E-state index in [2.05, 4.69) is 19.2 Å². The number of nitrogens with one attached hydrogen (secondary N) is 1. The average Bonchev–Trinajstić information content (AvgIpc) is 3.46. The van der Waals surface area contributed by atoms with Crippen LogP contribution in [0.25, 0.3) is 0 Å². The molecule has 2 heterocycles. The molecule has 0 aliphatic carbocycles. The molecule has 4 rings (SSSR count). The average molecular weight is 427 g/mol. The number of likely N-dealkylation sites (tertiary alicyclic amines) is 1. The van der Waals surface area contributed by atoms with Gasteiger partial charge in [-0.15, -0.1) is 0 Å². The molecule has 1 amide bonds. The summed E-state index contributed by atoms with van der Waals surface area (Å²) in [6, 6.07) is 11.7. The monoisotopic (exact) mass is 426 g/mol. The van der Waals surface area contributed by atoms with Crippen LogP contribution in [0.15, 0.2) is 36.4 Å². The van der Waals surface area contributed by atoms with Crippen molar-refractivity contribution < 1.29 is 23.7 Å². The van der Waals surface area contributed by atoms with E-state index in [-0.39, 0.29) is 25.3 Å². The van der Waals surface area contributed by atoms with Gasteiger partial charge in [0.1, 0.15) is 11.5 Å². The predicted molar refractivity (Wildman–Crippen MR) is 117 cm³/mol. The summed E-state index contributed by atoms with van der Waals surface area (Å²) in [5.74, 6) is 3.06. The topological polar surface area (TPSA) is 69.3 Å². The Hall–Kier alpha value is -2.93. The SMILES string of the molecule is COc1ccc(C2CCCN2C(=O)CNC(C)(C)c2ccc3c(c2)OCO3)c(OC)c1. The van der Waals surface area contributed by atoms with Gasteiger partial charge in [-0.05, 0) is 56.5 Å². The standard InChI is InChI=1S/C24H30N2O5/c1-24(2,16-7-10-20-22(12-16)31-15-30-20)25-14-23(27)26-11-5-6-19(26)18-9-8-17(28-3)13-21(18)29-4/h7-10,12-13,19,25H,5-6,11,14-15H2,1-4H3. The number of ether oxygens (including phenoxy) is 4. The smallest absolute Gasteiger partial charge is 0.237 e. The molecule has 0 radical (unpaired) electrons. The summed E-state index contributed by atoms with van der Waals surface area (Å²) in [5, 5.41) is 3.42. The summed E-state index contributed by atoms with van der Waals surface area (Å²) in [4.78, 5) is 15.1. The lowest BCUT2D eigenvalue weighted by molar-refractivity contribution is -0.131. The zero-order valence-electron chi connectivity index (χ0n) is 18.6. The fourth-order valence-corrected chi connectivity index (χ4v) is 4.27. The Balaban J connectivity index is 1.45. The Morgan fingerprint density at radius 1 is 1.13 bits per heavy atom. The van der Waals surface area contributed by atoms with Crippen LogP contribution in [-0.4, -0.2) is 44.9 Å². The van der Waals surface area contributed by atoms with E-state index in [1.54, 1.807) is 14.2 Å². The molecule has 1 N–H and O–H groups in total. The quantitative estimate of drug-likeness (QED) is 0.729. The van der Waals surface area contributed by atoms with Crippen LogP contribution in [0.4, 0.5) is 0 Å². The van der Waals surface area contributed by atoms with Gasteiger partial charge < -0.3 is 23.8 Å². The summed E-state index contributed by atoms with van der Waals surface area (Å²) in [7, 11) is 3.28. The molecule has 1 saturated heterocycles. The van der Waals surface area contributed by atoms with Gasteiger partial charge in [0.25, 0.3) is 0 Å². The highest BCUT2D eigenvalue weighted by atomic mass is 16.7. The fourth-order valence-electron chi connectivity index (χ4n) is 4.27. The molecule has 0 aromatic heterocycles. The van der Waals surface area contributed by atoms with E-state index in [1.807, 2.05) is 41.3 Å². The highest BCUT2D eigenvalue weighted by Crippen LogP contribution is 2.39. The van der Waals surface area contributed by atoms with E-state index in [4.69, 9.17) is 18.9 Å². The lowest BCUT2D eigenvalue weighted by Crippen LogP contribution is -2.44. The van der Waals surface area contributed by atoms with Crippen molar-refractivity contribution in [2.24, 2.45) is 0 Å². The van der Waals surface area contributed by atoms with Crippen LogP contribution in [0.3, 0.4) is 0 Å². The van der Waals surface area contributed by atoms with Crippen LogP contribution < -0.4 is 24.3 Å². The summed E-state index contributed by atoms with van der Waals surface area (Å²) in [6.45, 7) is 5.36.